The predicted molar refractivity (Wildman–Crippen MR) is 83.6 cm³/mol. The van der Waals surface area contributed by atoms with Gasteiger partial charge in [-0.15, -0.1) is 0 Å². The Hall–Kier alpha value is -1.26. The van der Waals surface area contributed by atoms with E-state index in [0.717, 1.165) is 24.5 Å². The molecule has 0 amide bonds. The second-order valence-electron chi connectivity index (χ2n) is 5.14. The van der Waals surface area contributed by atoms with E-state index in [9.17, 15) is 0 Å². The van der Waals surface area contributed by atoms with Crippen molar-refractivity contribution in [2.24, 2.45) is 5.73 Å². The van der Waals surface area contributed by atoms with Crippen LogP contribution in [0.2, 0.25) is 0 Å². The van der Waals surface area contributed by atoms with Gasteiger partial charge in [-0.25, -0.2) is 0 Å². The summed E-state index contributed by atoms with van der Waals surface area (Å²) in [7, 11) is 0. The van der Waals surface area contributed by atoms with Crippen LogP contribution in [-0.4, -0.2) is 31.8 Å². The van der Waals surface area contributed by atoms with Gasteiger partial charge in [0.1, 0.15) is 0 Å². The highest BCUT2D eigenvalue weighted by atomic mass is 16.5. The third-order valence-electron chi connectivity index (χ3n) is 2.94. The van der Waals surface area contributed by atoms with Crippen molar-refractivity contribution in [3.63, 3.8) is 0 Å². The third kappa shape index (κ3) is 5.80. The summed E-state index contributed by atoms with van der Waals surface area (Å²) in [6.07, 6.45) is 0.944. The van der Waals surface area contributed by atoms with Crippen LogP contribution in [0.5, 0.6) is 11.5 Å². The van der Waals surface area contributed by atoms with E-state index in [4.69, 9.17) is 15.2 Å². The van der Waals surface area contributed by atoms with E-state index in [-0.39, 0.29) is 6.04 Å². The fraction of sp³-hybridized carbons (Fsp3) is 0.625. The summed E-state index contributed by atoms with van der Waals surface area (Å²) in [5.74, 6) is 1.64. The molecule has 0 aliphatic carbocycles. The van der Waals surface area contributed by atoms with Gasteiger partial charge < -0.3 is 20.5 Å². The third-order valence-corrected chi connectivity index (χ3v) is 2.94. The van der Waals surface area contributed by atoms with Crippen molar-refractivity contribution in [3.05, 3.63) is 23.8 Å². The first-order chi connectivity index (χ1) is 9.56. The number of nitrogens with one attached hydrogen (secondary N) is 1. The first-order valence-corrected chi connectivity index (χ1v) is 7.44. The monoisotopic (exact) mass is 280 g/mol. The molecule has 0 aliphatic heterocycles. The Morgan fingerprint density at radius 1 is 1.10 bits per heavy atom. The van der Waals surface area contributed by atoms with Crippen LogP contribution in [0.1, 0.15) is 33.3 Å². The first kappa shape index (κ1) is 16.8. The lowest BCUT2D eigenvalue weighted by atomic mass is 10.1. The average Bonchev–Trinajstić information content (AvgIpc) is 2.40. The van der Waals surface area contributed by atoms with Crippen LogP contribution in [0, 0.1) is 0 Å². The van der Waals surface area contributed by atoms with Crippen LogP contribution in [0.15, 0.2) is 18.2 Å². The molecule has 1 rings (SSSR count). The van der Waals surface area contributed by atoms with E-state index in [1.165, 1.54) is 5.56 Å². The van der Waals surface area contributed by atoms with E-state index in [0.29, 0.717) is 19.3 Å². The number of ether oxygens (including phenoxy) is 2. The summed E-state index contributed by atoms with van der Waals surface area (Å²) < 4.78 is 11.2. The van der Waals surface area contributed by atoms with Gasteiger partial charge in [0, 0.05) is 18.6 Å². The maximum absolute atomic E-state index is 5.75. The van der Waals surface area contributed by atoms with Gasteiger partial charge in [0.05, 0.1) is 13.2 Å². The minimum atomic E-state index is 0.178. The molecule has 1 aromatic carbocycles. The molecule has 0 saturated carbocycles. The first-order valence-electron chi connectivity index (χ1n) is 7.44. The largest absolute Gasteiger partial charge is 0.490 e. The molecule has 1 aromatic rings. The molecular formula is C16H28N2O2. The molecule has 0 aromatic heterocycles. The quantitative estimate of drug-likeness (QED) is 0.729. The molecule has 2 unspecified atom stereocenters. The Labute approximate surface area is 122 Å². The topological polar surface area (TPSA) is 56.5 Å². The summed E-state index contributed by atoms with van der Waals surface area (Å²) in [4.78, 5) is 0. The summed E-state index contributed by atoms with van der Waals surface area (Å²) in [5.41, 5.74) is 6.99. The Morgan fingerprint density at radius 2 is 1.75 bits per heavy atom. The van der Waals surface area contributed by atoms with E-state index in [2.05, 4.69) is 24.4 Å². The van der Waals surface area contributed by atoms with Crippen LogP contribution in [0.3, 0.4) is 0 Å². The van der Waals surface area contributed by atoms with Gasteiger partial charge in [-0.1, -0.05) is 6.07 Å². The molecule has 114 valence electrons. The predicted octanol–water partition coefficient (Wildman–Crippen LogP) is 2.35. The van der Waals surface area contributed by atoms with Crippen molar-refractivity contribution < 1.29 is 9.47 Å². The van der Waals surface area contributed by atoms with Crippen molar-refractivity contribution >= 4 is 0 Å². The molecule has 0 spiro atoms. The van der Waals surface area contributed by atoms with Crippen molar-refractivity contribution in [3.8, 4) is 11.5 Å². The molecule has 20 heavy (non-hydrogen) atoms. The Kier molecular flexibility index (Phi) is 7.41. The van der Waals surface area contributed by atoms with E-state index in [1.807, 2.05) is 26.8 Å². The normalized spacial score (nSPS) is 13.8. The van der Waals surface area contributed by atoms with Crippen molar-refractivity contribution in [1.82, 2.24) is 5.32 Å². The number of rotatable bonds is 9. The smallest absolute Gasteiger partial charge is 0.161 e. The van der Waals surface area contributed by atoms with Crippen LogP contribution in [0.4, 0.5) is 0 Å². The molecule has 0 radical (unpaired) electrons. The highest BCUT2D eigenvalue weighted by molar-refractivity contribution is 5.43. The number of benzene rings is 1. The Morgan fingerprint density at radius 3 is 2.35 bits per heavy atom. The molecule has 2 atom stereocenters. The zero-order valence-corrected chi connectivity index (χ0v) is 13.1. The van der Waals surface area contributed by atoms with Crippen LogP contribution < -0.4 is 20.5 Å². The maximum atomic E-state index is 5.75. The highest BCUT2D eigenvalue weighted by Gasteiger charge is 2.09. The van der Waals surface area contributed by atoms with Crippen LogP contribution in [-0.2, 0) is 6.42 Å². The van der Waals surface area contributed by atoms with Crippen molar-refractivity contribution in [2.45, 2.75) is 46.2 Å². The maximum Gasteiger partial charge on any atom is 0.161 e. The van der Waals surface area contributed by atoms with E-state index in [1.54, 1.807) is 0 Å². The minimum absolute atomic E-state index is 0.178. The SMILES string of the molecule is CCOc1ccc(CC(C)NCC(C)N)cc1OCC. The molecular weight excluding hydrogens is 252 g/mol. The lowest BCUT2D eigenvalue weighted by Crippen LogP contribution is -2.37. The lowest BCUT2D eigenvalue weighted by Gasteiger charge is -2.17. The zero-order valence-electron chi connectivity index (χ0n) is 13.1. The number of nitrogens with two attached hydrogens (primary N) is 1. The fourth-order valence-corrected chi connectivity index (χ4v) is 2.04. The number of hydrogen-bond acceptors (Lipinski definition) is 4. The van der Waals surface area contributed by atoms with Gasteiger partial charge in [0.25, 0.3) is 0 Å². The van der Waals surface area contributed by atoms with Crippen LogP contribution in [0.25, 0.3) is 0 Å². The summed E-state index contributed by atoms with van der Waals surface area (Å²) in [6.45, 7) is 10.2. The molecule has 4 heteroatoms. The van der Waals surface area contributed by atoms with E-state index >= 15 is 0 Å². The fourth-order valence-electron chi connectivity index (χ4n) is 2.04. The van der Waals surface area contributed by atoms with E-state index < -0.39 is 0 Å². The molecule has 0 aliphatic rings. The summed E-state index contributed by atoms with van der Waals surface area (Å²) in [6, 6.07) is 6.71. The standard InChI is InChI=1S/C16H28N2O2/c1-5-19-15-8-7-14(10-16(15)20-6-2)9-13(4)18-11-12(3)17/h7-8,10,12-13,18H,5-6,9,11,17H2,1-4H3. The molecule has 3 N–H and O–H groups in total. The van der Waals surface area contributed by atoms with Gasteiger partial charge in [0.15, 0.2) is 11.5 Å². The van der Waals surface area contributed by atoms with Gasteiger partial charge in [0.2, 0.25) is 0 Å². The molecule has 0 bridgehead atoms. The summed E-state index contributed by atoms with van der Waals surface area (Å²) in [5, 5.41) is 3.42. The molecule has 0 fully saturated rings. The average molecular weight is 280 g/mol. The Bertz CT molecular complexity index is 394. The Balaban J connectivity index is 2.68. The van der Waals surface area contributed by atoms with Crippen molar-refractivity contribution in [2.75, 3.05) is 19.8 Å². The second kappa shape index (κ2) is 8.82. The lowest BCUT2D eigenvalue weighted by molar-refractivity contribution is 0.287. The summed E-state index contributed by atoms with van der Waals surface area (Å²) >= 11 is 0. The minimum Gasteiger partial charge on any atom is -0.490 e. The van der Waals surface area contributed by atoms with Gasteiger partial charge >= 0.3 is 0 Å². The van der Waals surface area contributed by atoms with Crippen molar-refractivity contribution in [1.29, 1.82) is 0 Å². The molecule has 0 saturated heterocycles. The van der Waals surface area contributed by atoms with Gasteiger partial charge in [-0.05, 0) is 51.8 Å². The highest BCUT2D eigenvalue weighted by Crippen LogP contribution is 2.28. The zero-order chi connectivity index (χ0) is 15.0. The number of hydrogen-bond donors (Lipinski definition) is 2. The van der Waals surface area contributed by atoms with Gasteiger partial charge in [-0.3, -0.25) is 0 Å². The molecule has 0 heterocycles. The van der Waals surface area contributed by atoms with Crippen LogP contribution >= 0.6 is 0 Å². The molecule has 4 nitrogen and oxygen atoms in total. The van der Waals surface area contributed by atoms with Gasteiger partial charge in [-0.2, -0.15) is 0 Å². The second-order valence-corrected chi connectivity index (χ2v) is 5.14.